The van der Waals surface area contributed by atoms with Crippen molar-refractivity contribution >= 4 is 11.7 Å². The summed E-state index contributed by atoms with van der Waals surface area (Å²) in [6.45, 7) is 2.49. The summed E-state index contributed by atoms with van der Waals surface area (Å²) in [4.78, 5) is 25.2. The highest BCUT2D eigenvalue weighted by Crippen LogP contribution is 2.20. The van der Waals surface area contributed by atoms with Gasteiger partial charge in [-0.1, -0.05) is 6.92 Å². The summed E-state index contributed by atoms with van der Waals surface area (Å²) in [6.07, 6.45) is 0.338. The summed E-state index contributed by atoms with van der Waals surface area (Å²) in [6, 6.07) is 4.15. The number of carbonyl (C=O) groups is 2. The zero-order valence-corrected chi connectivity index (χ0v) is 11.0. The van der Waals surface area contributed by atoms with Gasteiger partial charge in [-0.25, -0.2) is 4.39 Å². The Morgan fingerprint density at radius 1 is 1.47 bits per heavy atom. The van der Waals surface area contributed by atoms with Crippen LogP contribution in [-0.2, 0) is 4.79 Å². The maximum absolute atomic E-state index is 13.8. The van der Waals surface area contributed by atoms with E-state index in [4.69, 9.17) is 4.74 Å². The highest BCUT2D eigenvalue weighted by Gasteiger charge is 2.28. The van der Waals surface area contributed by atoms with Crippen molar-refractivity contribution in [3.63, 3.8) is 0 Å². The Kier molecular flexibility index (Phi) is 3.83. The lowest BCUT2D eigenvalue weighted by Gasteiger charge is -2.30. The van der Waals surface area contributed by atoms with Crippen LogP contribution in [0.4, 0.5) is 4.39 Å². The quantitative estimate of drug-likeness (QED) is 0.820. The molecule has 1 aliphatic heterocycles. The number of carbonyl (C=O) groups excluding carboxylic acids is 2. The second-order valence-electron chi connectivity index (χ2n) is 4.71. The van der Waals surface area contributed by atoms with Crippen LogP contribution in [0.25, 0.3) is 0 Å². The maximum atomic E-state index is 13.8. The van der Waals surface area contributed by atoms with Crippen molar-refractivity contribution in [2.45, 2.75) is 13.3 Å². The largest absolute Gasteiger partial charge is 0.497 e. The molecule has 4 nitrogen and oxygen atoms in total. The van der Waals surface area contributed by atoms with Crippen molar-refractivity contribution in [1.82, 2.24) is 4.90 Å². The van der Waals surface area contributed by atoms with Crippen LogP contribution >= 0.6 is 0 Å². The van der Waals surface area contributed by atoms with E-state index in [9.17, 15) is 14.0 Å². The summed E-state index contributed by atoms with van der Waals surface area (Å²) in [5, 5.41) is 0. The molecule has 0 aliphatic carbocycles. The van der Waals surface area contributed by atoms with Gasteiger partial charge in [-0.05, 0) is 12.1 Å². The molecule has 1 amide bonds. The molecule has 1 unspecified atom stereocenters. The number of piperidine rings is 1. The molecule has 0 saturated carbocycles. The Morgan fingerprint density at radius 2 is 2.21 bits per heavy atom. The van der Waals surface area contributed by atoms with E-state index in [1.807, 2.05) is 0 Å². The molecule has 0 bridgehead atoms. The summed E-state index contributed by atoms with van der Waals surface area (Å²) in [5.41, 5.74) is 0.0161. The van der Waals surface area contributed by atoms with Gasteiger partial charge in [0.25, 0.3) is 5.91 Å². The first-order valence-electron chi connectivity index (χ1n) is 6.18. The van der Waals surface area contributed by atoms with Gasteiger partial charge in [0.1, 0.15) is 17.3 Å². The van der Waals surface area contributed by atoms with E-state index in [1.54, 1.807) is 13.0 Å². The highest BCUT2D eigenvalue weighted by molar-refractivity contribution is 5.96. The number of rotatable bonds is 2. The molecule has 1 aromatic rings. The van der Waals surface area contributed by atoms with Gasteiger partial charge in [0.15, 0.2) is 0 Å². The van der Waals surface area contributed by atoms with Crippen LogP contribution < -0.4 is 4.74 Å². The van der Waals surface area contributed by atoms with Gasteiger partial charge in [-0.2, -0.15) is 0 Å². The van der Waals surface area contributed by atoms with Crippen LogP contribution in [0.1, 0.15) is 23.7 Å². The zero-order chi connectivity index (χ0) is 14.0. The predicted molar refractivity (Wildman–Crippen MR) is 67.6 cm³/mol. The molecule has 1 heterocycles. The lowest BCUT2D eigenvalue weighted by atomic mass is 9.98. The minimum atomic E-state index is -0.603. The number of hydrogen-bond donors (Lipinski definition) is 0. The average molecular weight is 265 g/mol. The Hall–Kier alpha value is -1.91. The van der Waals surface area contributed by atoms with E-state index >= 15 is 0 Å². The molecule has 19 heavy (non-hydrogen) atoms. The molecular weight excluding hydrogens is 249 g/mol. The fourth-order valence-corrected chi connectivity index (χ4v) is 2.17. The molecular formula is C14H16FNO3. The minimum absolute atomic E-state index is 0.0161. The van der Waals surface area contributed by atoms with Crippen molar-refractivity contribution in [3.8, 4) is 5.75 Å². The van der Waals surface area contributed by atoms with Gasteiger partial charge in [-0.3, -0.25) is 9.59 Å². The average Bonchev–Trinajstić information content (AvgIpc) is 2.41. The lowest BCUT2D eigenvalue weighted by Crippen LogP contribution is -2.43. The summed E-state index contributed by atoms with van der Waals surface area (Å²) >= 11 is 0. The topological polar surface area (TPSA) is 46.6 Å². The molecule has 1 aliphatic rings. The second kappa shape index (κ2) is 5.38. The molecule has 1 saturated heterocycles. The molecule has 1 aromatic carbocycles. The van der Waals surface area contributed by atoms with E-state index in [-0.39, 0.29) is 23.2 Å². The highest BCUT2D eigenvalue weighted by atomic mass is 19.1. The lowest BCUT2D eigenvalue weighted by molar-refractivity contribution is -0.124. The summed E-state index contributed by atoms with van der Waals surface area (Å²) in [5.74, 6) is -0.636. The van der Waals surface area contributed by atoms with Crippen LogP contribution in [0, 0.1) is 11.7 Å². The molecule has 1 fully saturated rings. The van der Waals surface area contributed by atoms with Crippen molar-refractivity contribution in [2.24, 2.45) is 5.92 Å². The number of likely N-dealkylation sites (tertiary alicyclic amines) is 1. The van der Waals surface area contributed by atoms with Crippen LogP contribution in [-0.4, -0.2) is 36.8 Å². The molecule has 5 heteroatoms. The van der Waals surface area contributed by atoms with Crippen LogP contribution in [0.2, 0.25) is 0 Å². The van der Waals surface area contributed by atoms with Gasteiger partial charge in [0.2, 0.25) is 0 Å². The van der Waals surface area contributed by atoms with Crippen LogP contribution in [0.15, 0.2) is 18.2 Å². The first kappa shape index (κ1) is 13.5. The molecule has 0 spiro atoms. The summed E-state index contributed by atoms with van der Waals surface area (Å²) in [7, 11) is 1.44. The Bertz CT molecular complexity index is 515. The second-order valence-corrected chi connectivity index (χ2v) is 4.71. The van der Waals surface area contributed by atoms with Gasteiger partial charge in [-0.15, -0.1) is 0 Å². The van der Waals surface area contributed by atoms with Crippen molar-refractivity contribution < 1.29 is 18.7 Å². The standard InChI is InChI=1S/C14H16FNO3/c1-9-8-16(6-5-13(9)17)14(18)11-4-3-10(19-2)7-12(11)15/h3-4,7,9H,5-6,8H2,1-2H3. The third-order valence-electron chi connectivity index (χ3n) is 3.37. The number of nitrogens with zero attached hydrogens (tertiary/aromatic N) is 1. The molecule has 102 valence electrons. The van der Waals surface area contributed by atoms with E-state index < -0.39 is 5.82 Å². The third-order valence-corrected chi connectivity index (χ3v) is 3.37. The van der Waals surface area contributed by atoms with Crippen molar-refractivity contribution in [1.29, 1.82) is 0 Å². The Morgan fingerprint density at radius 3 is 2.79 bits per heavy atom. The van der Waals surface area contributed by atoms with Gasteiger partial charge < -0.3 is 9.64 Å². The number of methoxy groups -OCH3 is 1. The fraction of sp³-hybridized carbons (Fsp3) is 0.429. The van der Waals surface area contributed by atoms with E-state index in [1.165, 1.54) is 24.1 Å². The number of ketones is 1. The van der Waals surface area contributed by atoms with Crippen LogP contribution in [0.3, 0.4) is 0 Å². The molecule has 0 aromatic heterocycles. The molecule has 2 rings (SSSR count). The molecule has 0 radical (unpaired) electrons. The van der Waals surface area contributed by atoms with E-state index in [0.29, 0.717) is 25.3 Å². The van der Waals surface area contributed by atoms with E-state index in [0.717, 1.165) is 0 Å². The SMILES string of the molecule is COc1ccc(C(=O)N2CCC(=O)C(C)C2)c(F)c1. The minimum Gasteiger partial charge on any atom is -0.497 e. The molecule has 0 N–H and O–H groups in total. The van der Waals surface area contributed by atoms with Gasteiger partial charge in [0, 0.05) is 31.5 Å². The number of benzene rings is 1. The number of hydrogen-bond acceptors (Lipinski definition) is 3. The van der Waals surface area contributed by atoms with Crippen LogP contribution in [0.5, 0.6) is 5.75 Å². The monoisotopic (exact) mass is 265 g/mol. The first-order valence-corrected chi connectivity index (χ1v) is 6.18. The number of amides is 1. The fourth-order valence-electron chi connectivity index (χ4n) is 2.17. The van der Waals surface area contributed by atoms with Gasteiger partial charge >= 0.3 is 0 Å². The maximum Gasteiger partial charge on any atom is 0.256 e. The normalized spacial score (nSPS) is 19.4. The number of Topliss-reactive ketones (excluding diaryl/α,β-unsaturated/α-hetero) is 1. The number of ether oxygens (including phenoxy) is 1. The van der Waals surface area contributed by atoms with E-state index in [2.05, 4.69) is 0 Å². The summed E-state index contributed by atoms with van der Waals surface area (Å²) < 4.78 is 18.7. The number of halogens is 1. The first-order chi connectivity index (χ1) is 9.02. The zero-order valence-electron chi connectivity index (χ0n) is 11.0. The third kappa shape index (κ3) is 2.75. The smallest absolute Gasteiger partial charge is 0.256 e. The molecule has 1 atom stereocenters. The predicted octanol–water partition coefficient (Wildman–Crippen LogP) is 1.89. The van der Waals surface area contributed by atoms with Gasteiger partial charge in [0.05, 0.1) is 12.7 Å². The Labute approximate surface area is 111 Å². The van der Waals surface area contributed by atoms with Crippen molar-refractivity contribution in [2.75, 3.05) is 20.2 Å². The van der Waals surface area contributed by atoms with Crippen molar-refractivity contribution in [3.05, 3.63) is 29.6 Å². The Balaban J connectivity index is 2.18.